The molecule has 0 atom stereocenters. The molecule has 85 valence electrons. The summed E-state index contributed by atoms with van der Waals surface area (Å²) >= 11 is 4.01. The van der Waals surface area contributed by atoms with Gasteiger partial charge >= 0.3 is 40.8 Å². The van der Waals surface area contributed by atoms with Crippen LogP contribution in [0.2, 0.25) is 0 Å². The molecule has 0 bridgehead atoms. The number of carbonyl (C=O) groups excluding carboxylic acids is 1. The standard InChI is InChI=1S/C8H15NO3.HI.Os/c1-8(2,3)12-7(11)9-4-6(10)5-9;;/h6,10H,4-5H2,1-3H3;1H;/q;;+1/p-1. The van der Waals surface area contributed by atoms with E-state index in [9.17, 15) is 4.79 Å². The molecule has 1 rings (SSSR count). The van der Waals surface area contributed by atoms with Crippen molar-refractivity contribution in [1.82, 2.24) is 4.90 Å². The van der Waals surface area contributed by atoms with Gasteiger partial charge in [-0.1, -0.05) is 0 Å². The number of likely N-dealkylation sites (tertiary alicyclic amines) is 1. The Balaban J connectivity index is 0.000000791. The van der Waals surface area contributed by atoms with E-state index in [4.69, 9.17) is 9.84 Å². The van der Waals surface area contributed by atoms with E-state index in [1.54, 1.807) is 0 Å². The van der Waals surface area contributed by atoms with Crippen molar-refractivity contribution in [2.24, 2.45) is 0 Å². The average molecular weight is 490 g/mol. The van der Waals surface area contributed by atoms with Crippen LogP contribution in [-0.4, -0.2) is 40.9 Å². The maximum atomic E-state index is 11.2. The molecule has 1 saturated heterocycles. The van der Waals surface area contributed by atoms with Crippen LogP contribution in [0.4, 0.5) is 4.79 Å². The first-order chi connectivity index (χ1) is 6.38. The first-order valence-electron chi connectivity index (χ1n) is 4.18. The molecule has 0 aromatic carbocycles. The molecule has 14 heavy (non-hydrogen) atoms. The fourth-order valence-electron chi connectivity index (χ4n) is 0.931. The number of ether oxygens (including phenoxy) is 1. The summed E-state index contributed by atoms with van der Waals surface area (Å²) < 4.78 is 5.07. The Kier molecular flexibility index (Phi) is 6.50. The van der Waals surface area contributed by atoms with E-state index in [-0.39, 0.29) is 12.2 Å². The van der Waals surface area contributed by atoms with Crippen LogP contribution in [0, 0.1) is 0 Å². The number of hydrogen-bond donors (Lipinski definition) is 1. The molecule has 0 spiro atoms. The number of carbonyl (C=O) groups is 1. The number of nitrogens with zero attached hydrogens (tertiary/aromatic N) is 1. The predicted molar refractivity (Wildman–Crippen MR) is 57.8 cm³/mol. The molecule has 1 aliphatic rings. The Morgan fingerprint density at radius 2 is 1.93 bits per heavy atom. The zero-order chi connectivity index (χ0) is 11.4. The summed E-state index contributed by atoms with van der Waals surface area (Å²) in [7, 11) is 0. The molecular formula is C8H15INO3Os. The van der Waals surface area contributed by atoms with Crippen molar-refractivity contribution in [2.45, 2.75) is 32.5 Å². The van der Waals surface area contributed by atoms with Gasteiger partial charge in [0, 0.05) is 0 Å². The Bertz CT molecular complexity index is 190. The van der Waals surface area contributed by atoms with Gasteiger partial charge in [0.15, 0.2) is 0 Å². The fourth-order valence-corrected chi connectivity index (χ4v) is 0.931. The van der Waals surface area contributed by atoms with Gasteiger partial charge in [0.2, 0.25) is 0 Å². The van der Waals surface area contributed by atoms with Gasteiger partial charge in [-0.2, -0.15) is 0 Å². The number of hydrogen-bond acceptors (Lipinski definition) is 3. The van der Waals surface area contributed by atoms with Gasteiger partial charge < -0.3 is 14.7 Å². The zero-order valence-corrected chi connectivity index (χ0v) is 13.1. The molecule has 0 aromatic rings. The quantitative estimate of drug-likeness (QED) is 0.524. The SMILES string of the molecule is CC(C)(C)OC(=O)N1CC(O)C1.[I][Os]. The Morgan fingerprint density at radius 3 is 2.21 bits per heavy atom. The van der Waals surface area contributed by atoms with E-state index < -0.39 is 5.60 Å². The zero-order valence-electron chi connectivity index (χ0n) is 8.43. The molecule has 1 aliphatic heterocycles. The van der Waals surface area contributed by atoms with Crippen molar-refractivity contribution in [2.75, 3.05) is 13.1 Å². The number of β-amino-alcohol motifs (C(OH)–C–C–N with tert-alkyl or cyclic N) is 1. The van der Waals surface area contributed by atoms with Gasteiger partial charge in [-0.05, 0) is 20.8 Å². The summed E-state index contributed by atoms with van der Waals surface area (Å²) in [5.41, 5.74) is -0.447. The van der Waals surface area contributed by atoms with Crippen LogP contribution >= 0.6 is 19.7 Å². The second kappa shape index (κ2) is 6.24. The molecule has 1 heterocycles. The van der Waals surface area contributed by atoms with Crippen LogP contribution in [-0.2, 0) is 19.8 Å². The molecule has 4 nitrogen and oxygen atoms in total. The Morgan fingerprint density at radius 1 is 1.50 bits per heavy atom. The van der Waals surface area contributed by atoms with Gasteiger partial charge in [-0.15, -0.1) is 0 Å². The van der Waals surface area contributed by atoms with Crippen LogP contribution in [0.3, 0.4) is 0 Å². The molecule has 0 aromatic heterocycles. The summed E-state index contributed by atoms with van der Waals surface area (Å²) in [5.74, 6) is 0. The first-order valence-corrected chi connectivity index (χ1v) is 11.4. The minimum absolute atomic E-state index is 0.340. The van der Waals surface area contributed by atoms with Gasteiger partial charge in [0.05, 0.1) is 19.2 Å². The van der Waals surface area contributed by atoms with E-state index in [2.05, 4.69) is 19.7 Å². The van der Waals surface area contributed by atoms with Crippen LogP contribution in [0.1, 0.15) is 20.8 Å². The van der Waals surface area contributed by atoms with Crippen LogP contribution in [0.5, 0.6) is 0 Å². The summed E-state index contributed by atoms with van der Waals surface area (Å²) in [6.07, 6.45) is -0.703. The molecule has 1 N–H and O–H groups in total. The molecule has 0 saturated carbocycles. The average Bonchev–Trinajstić information content (AvgIpc) is 1.99. The monoisotopic (exact) mass is 492 g/mol. The van der Waals surface area contributed by atoms with Crippen molar-refractivity contribution in [3.63, 3.8) is 0 Å². The van der Waals surface area contributed by atoms with Gasteiger partial charge in [0.1, 0.15) is 5.60 Å². The summed E-state index contributed by atoms with van der Waals surface area (Å²) in [5, 5.41) is 8.92. The third-order valence-electron chi connectivity index (χ3n) is 1.51. The predicted octanol–water partition coefficient (Wildman–Crippen LogP) is 1.48. The third-order valence-corrected chi connectivity index (χ3v) is 1.51. The first kappa shape index (κ1) is 14.6. The summed E-state index contributed by atoms with van der Waals surface area (Å²) in [6, 6.07) is 0. The van der Waals surface area contributed by atoms with E-state index in [0.29, 0.717) is 13.1 Å². The molecule has 0 unspecified atom stereocenters. The van der Waals surface area contributed by atoms with E-state index >= 15 is 0 Å². The van der Waals surface area contributed by atoms with Gasteiger partial charge in [0.25, 0.3) is 0 Å². The molecular weight excluding hydrogens is 475 g/mol. The molecule has 0 radical (unpaired) electrons. The minimum atomic E-state index is -0.447. The number of aliphatic hydroxyl groups excluding tert-OH is 1. The summed E-state index contributed by atoms with van der Waals surface area (Å²) in [6.45, 7) is 6.26. The normalized spacial score (nSPS) is 16.6. The van der Waals surface area contributed by atoms with E-state index in [1.165, 1.54) is 4.90 Å². The van der Waals surface area contributed by atoms with Crippen molar-refractivity contribution in [3.05, 3.63) is 0 Å². The molecule has 1 fully saturated rings. The van der Waals surface area contributed by atoms with Crippen molar-refractivity contribution in [1.29, 1.82) is 0 Å². The number of halogens is 1. The van der Waals surface area contributed by atoms with Crippen molar-refractivity contribution >= 4 is 25.8 Å². The van der Waals surface area contributed by atoms with Crippen LogP contribution in [0.25, 0.3) is 0 Å². The van der Waals surface area contributed by atoms with Gasteiger partial charge in [-0.25, -0.2) is 4.79 Å². The molecule has 6 heteroatoms. The van der Waals surface area contributed by atoms with Crippen LogP contribution in [0.15, 0.2) is 0 Å². The van der Waals surface area contributed by atoms with Gasteiger partial charge in [-0.3, -0.25) is 0 Å². The fraction of sp³-hybridized carbons (Fsp3) is 0.875. The number of aliphatic hydroxyl groups is 1. The van der Waals surface area contributed by atoms with E-state index in [1.807, 2.05) is 35.8 Å². The van der Waals surface area contributed by atoms with Crippen molar-refractivity contribution in [3.8, 4) is 0 Å². The second-order valence-corrected chi connectivity index (χ2v) is 4.04. The van der Waals surface area contributed by atoms with Crippen LogP contribution < -0.4 is 0 Å². The molecule has 1 amide bonds. The Hall–Kier alpha value is 0.596. The Labute approximate surface area is 105 Å². The molecule has 0 aliphatic carbocycles. The topological polar surface area (TPSA) is 49.8 Å². The number of amides is 1. The van der Waals surface area contributed by atoms with E-state index in [0.717, 1.165) is 0 Å². The second-order valence-electron chi connectivity index (χ2n) is 4.04. The third kappa shape index (κ3) is 5.47. The van der Waals surface area contributed by atoms with Crippen molar-refractivity contribution < 1.29 is 29.7 Å². The maximum absolute atomic E-state index is 11.2. The number of rotatable bonds is 0. The summed E-state index contributed by atoms with van der Waals surface area (Å²) in [4.78, 5) is 12.7.